The van der Waals surface area contributed by atoms with Gasteiger partial charge in [-0.25, -0.2) is 9.97 Å². The van der Waals surface area contributed by atoms with Crippen molar-refractivity contribution < 1.29 is 4.74 Å². The average Bonchev–Trinajstić information content (AvgIpc) is 2.40. The van der Waals surface area contributed by atoms with Gasteiger partial charge in [-0.2, -0.15) is 0 Å². The first kappa shape index (κ1) is 13.1. The van der Waals surface area contributed by atoms with E-state index < -0.39 is 0 Å². The predicted molar refractivity (Wildman–Crippen MR) is 77.2 cm³/mol. The minimum atomic E-state index is 0.760. The van der Waals surface area contributed by atoms with Crippen molar-refractivity contribution in [2.45, 2.75) is 13.8 Å². The highest BCUT2D eigenvalue weighted by atomic mass is 16.5. The normalized spacial score (nSPS) is 10.1. The number of methoxy groups -OCH3 is 1. The van der Waals surface area contributed by atoms with E-state index in [4.69, 9.17) is 4.74 Å². The molecule has 2 rings (SSSR count). The van der Waals surface area contributed by atoms with Gasteiger partial charge < -0.3 is 15.4 Å². The largest absolute Gasteiger partial charge is 0.496 e. The van der Waals surface area contributed by atoms with Crippen LogP contribution < -0.4 is 15.4 Å². The van der Waals surface area contributed by atoms with Gasteiger partial charge in [0.1, 0.15) is 23.7 Å². The summed E-state index contributed by atoms with van der Waals surface area (Å²) in [7, 11) is 1.67. The number of nitrogens with one attached hydrogen (secondary N) is 2. The van der Waals surface area contributed by atoms with E-state index in [-0.39, 0.29) is 0 Å². The molecule has 5 heteroatoms. The number of nitrogens with zero attached hydrogens (tertiary/aromatic N) is 2. The van der Waals surface area contributed by atoms with Crippen LogP contribution in [-0.4, -0.2) is 23.6 Å². The molecule has 1 aromatic heterocycles. The van der Waals surface area contributed by atoms with Gasteiger partial charge in [0.05, 0.1) is 7.11 Å². The molecule has 0 aliphatic rings. The summed E-state index contributed by atoms with van der Waals surface area (Å²) in [6, 6.07) is 7.79. The summed E-state index contributed by atoms with van der Waals surface area (Å²) < 4.78 is 5.24. The number of hydrogen-bond acceptors (Lipinski definition) is 5. The van der Waals surface area contributed by atoms with Crippen LogP contribution in [0, 0.1) is 6.92 Å². The number of anilines is 3. The molecule has 0 aliphatic heterocycles. The fourth-order valence-corrected chi connectivity index (χ4v) is 1.81. The van der Waals surface area contributed by atoms with E-state index in [0.29, 0.717) is 0 Å². The van der Waals surface area contributed by atoms with Crippen molar-refractivity contribution in [3.63, 3.8) is 0 Å². The van der Waals surface area contributed by atoms with Gasteiger partial charge in [-0.05, 0) is 37.6 Å². The first-order chi connectivity index (χ1) is 9.22. The van der Waals surface area contributed by atoms with E-state index >= 15 is 0 Å². The number of ether oxygens (including phenoxy) is 1. The molecule has 0 fully saturated rings. The Hall–Kier alpha value is -2.30. The van der Waals surface area contributed by atoms with Crippen molar-refractivity contribution >= 4 is 17.3 Å². The smallest absolute Gasteiger partial charge is 0.135 e. The summed E-state index contributed by atoms with van der Waals surface area (Å²) in [5.74, 6) is 2.45. The Bertz CT molecular complexity index is 557. The van der Waals surface area contributed by atoms with Gasteiger partial charge in [-0.3, -0.25) is 0 Å². The summed E-state index contributed by atoms with van der Waals surface area (Å²) >= 11 is 0. The fraction of sp³-hybridized carbons (Fsp3) is 0.286. The monoisotopic (exact) mass is 258 g/mol. The number of rotatable bonds is 5. The van der Waals surface area contributed by atoms with Crippen molar-refractivity contribution in [3.05, 3.63) is 36.2 Å². The Balaban J connectivity index is 2.16. The highest BCUT2D eigenvalue weighted by Crippen LogP contribution is 2.23. The second kappa shape index (κ2) is 6.04. The third-order valence-corrected chi connectivity index (χ3v) is 2.69. The molecule has 0 saturated carbocycles. The third kappa shape index (κ3) is 3.34. The summed E-state index contributed by atoms with van der Waals surface area (Å²) in [5, 5.41) is 6.40. The number of hydrogen-bond donors (Lipinski definition) is 2. The quantitative estimate of drug-likeness (QED) is 0.863. The van der Waals surface area contributed by atoms with E-state index in [1.54, 1.807) is 7.11 Å². The van der Waals surface area contributed by atoms with Crippen LogP contribution >= 0.6 is 0 Å². The van der Waals surface area contributed by atoms with Crippen molar-refractivity contribution in [1.82, 2.24) is 9.97 Å². The summed E-state index contributed by atoms with van der Waals surface area (Å²) in [5.41, 5.74) is 2.05. The first-order valence-corrected chi connectivity index (χ1v) is 6.20. The third-order valence-electron chi connectivity index (χ3n) is 2.69. The lowest BCUT2D eigenvalue weighted by Gasteiger charge is -2.10. The van der Waals surface area contributed by atoms with E-state index in [0.717, 1.165) is 35.2 Å². The minimum Gasteiger partial charge on any atom is -0.496 e. The topological polar surface area (TPSA) is 59.1 Å². The van der Waals surface area contributed by atoms with Crippen LogP contribution in [0.3, 0.4) is 0 Å². The zero-order chi connectivity index (χ0) is 13.7. The Morgan fingerprint density at radius 2 is 1.95 bits per heavy atom. The van der Waals surface area contributed by atoms with Crippen LogP contribution in [0.15, 0.2) is 30.6 Å². The Morgan fingerprint density at radius 1 is 1.16 bits per heavy atom. The molecule has 100 valence electrons. The maximum Gasteiger partial charge on any atom is 0.135 e. The van der Waals surface area contributed by atoms with Crippen molar-refractivity contribution in [1.29, 1.82) is 0 Å². The lowest BCUT2D eigenvalue weighted by Crippen LogP contribution is -2.01. The standard InChI is InChI=1S/C14H18N4O/c1-4-15-13-8-14(17-9-16-13)18-11-5-6-12(19-3)10(2)7-11/h5-9H,4H2,1-3H3,(H2,15,16,17,18). The summed E-state index contributed by atoms with van der Waals surface area (Å²) in [6.07, 6.45) is 1.54. The van der Waals surface area contributed by atoms with Gasteiger partial charge in [-0.1, -0.05) is 0 Å². The average molecular weight is 258 g/mol. The van der Waals surface area contributed by atoms with E-state index in [9.17, 15) is 0 Å². The molecule has 0 aliphatic carbocycles. The van der Waals surface area contributed by atoms with Gasteiger partial charge in [0.25, 0.3) is 0 Å². The highest BCUT2D eigenvalue weighted by molar-refractivity contribution is 5.61. The van der Waals surface area contributed by atoms with E-state index in [1.165, 1.54) is 6.33 Å². The highest BCUT2D eigenvalue weighted by Gasteiger charge is 2.02. The van der Waals surface area contributed by atoms with Crippen molar-refractivity contribution in [2.24, 2.45) is 0 Å². The molecule has 5 nitrogen and oxygen atoms in total. The molecule has 0 unspecified atom stereocenters. The number of benzene rings is 1. The van der Waals surface area contributed by atoms with Gasteiger partial charge in [0, 0.05) is 18.3 Å². The molecule has 1 aromatic carbocycles. The van der Waals surface area contributed by atoms with Crippen molar-refractivity contribution in [2.75, 3.05) is 24.3 Å². The zero-order valence-corrected chi connectivity index (χ0v) is 11.4. The predicted octanol–water partition coefficient (Wildman–Crippen LogP) is 2.97. The number of aromatic nitrogens is 2. The van der Waals surface area contributed by atoms with Crippen LogP contribution in [-0.2, 0) is 0 Å². The van der Waals surface area contributed by atoms with Crippen LogP contribution in [0.1, 0.15) is 12.5 Å². The van der Waals surface area contributed by atoms with E-state index in [1.807, 2.05) is 38.1 Å². The molecule has 0 spiro atoms. The zero-order valence-electron chi connectivity index (χ0n) is 11.4. The molecular weight excluding hydrogens is 240 g/mol. The van der Waals surface area contributed by atoms with Gasteiger partial charge in [0.2, 0.25) is 0 Å². The van der Waals surface area contributed by atoms with Crippen LogP contribution in [0.5, 0.6) is 5.75 Å². The fourth-order valence-electron chi connectivity index (χ4n) is 1.81. The molecule has 2 N–H and O–H groups in total. The second-order valence-electron chi connectivity index (χ2n) is 4.13. The van der Waals surface area contributed by atoms with Crippen LogP contribution in [0.2, 0.25) is 0 Å². The molecule has 0 amide bonds. The molecule has 0 atom stereocenters. The Kier molecular flexibility index (Phi) is 4.18. The Morgan fingerprint density at radius 3 is 2.63 bits per heavy atom. The Labute approximate surface area is 113 Å². The molecule has 1 heterocycles. The molecular formula is C14H18N4O. The maximum absolute atomic E-state index is 5.24. The van der Waals surface area contributed by atoms with E-state index in [2.05, 4.69) is 20.6 Å². The maximum atomic E-state index is 5.24. The molecule has 0 bridgehead atoms. The lowest BCUT2D eigenvalue weighted by atomic mass is 10.2. The summed E-state index contributed by atoms with van der Waals surface area (Å²) in [6.45, 7) is 4.87. The minimum absolute atomic E-state index is 0.760. The number of aryl methyl sites for hydroxylation is 1. The van der Waals surface area contributed by atoms with Gasteiger partial charge >= 0.3 is 0 Å². The molecule has 0 saturated heterocycles. The summed E-state index contributed by atoms with van der Waals surface area (Å²) in [4.78, 5) is 8.33. The first-order valence-electron chi connectivity index (χ1n) is 6.20. The second-order valence-corrected chi connectivity index (χ2v) is 4.13. The molecule has 19 heavy (non-hydrogen) atoms. The van der Waals surface area contributed by atoms with Gasteiger partial charge in [0.15, 0.2) is 0 Å². The van der Waals surface area contributed by atoms with Crippen molar-refractivity contribution in [3.8, 4) is 5.75 Å². The van der Waals surface area contributed by atoms with Gasteiger partial charge in [-0.15, -0.1) is 0 Å². The van der Waals surface area contributed by atoms with Crippen LogP contribution in [0.25, 0.3) is 0 Å². The SMILES string of the molecule is CCNc1cc(Nc2ccc(OC)c(C)c2)ncn1. The van der Waals surface area contributed by atoms with Crippen LogP contribution in [0.4, 0.5) is 17.3 Å². The molecule has 0 radical (unpaired) electrons. The lowest BCUT2D eigenvalue weighted by molar-refractivity contribution is 0.412. The molecule has 2 aromatic rings.